The molecule has 0 radical (unpaired) electrons. The van der Waals surface area contributed by atoms with E-state index in [9.17, 15) is 9.59 Å². The van der Waals surface area contributed by atoms with Crippen molar-refractivity contribution in [2.75, 3.05) is 5.32 Å². The zero-order valence-corrected chi connectivity index (χ0v) is 20.7. The van der Waals surface area contributed by atoms with Gasteiger partial charge in [0.25, 0.3) is 0 Å². The predicted octanol–water partition coefficient (Wildman–Crippen LogP) is 6.16. The Bertz CT molecular complexity index is 1260. The lowest BCUT2D eigenvalue weighted by atomic mass is 9.75. The van der Waals surface area contributed by atoms with Gasteiger partial charge in [-0.1, -0.05) is 52.8 Å². The molecular formula is C26H25ClN2O2S2. The van der Waals surface area contributed by atoms with Crippen LogP contribution in [0.4, 0.5) is 5.69 Å². The summed E-state index contributed by atoms with van der Waals surface area (Å²) in [6.45, 7) is 2.06. The highest BCUT2D eigenvalue weighted by Gasteiger charge is 2.55. The highest BCUT2D eigenvalue weighted by molar-refractivity contribution is 8.00. The molecule has 3 aliphatic rings. The van der Waals surface area contributed by atoms with Gasteiger partial charge in [-0.3, -0.25) is 14.2 Å². The molecule has 2 aromatic carbocycles. The number of thioether (sulfide) groups is 1. The van der Waals surface area contributed by atoms with Crippen LogP contribution in [0.3, 0.4) is 0 Å². The summed E-state index contributed by atoms with van der Waals surface area (Å²) in [5, 5.41) is 5.18. The second-order valence-electron chi connectivity index (χ2n) is 9.56. The smallest absolute Gasteiger partial charge is 0.308 e. The van der Waals surface area contributed by atoms with Crippen molar-refractivity contribution in [3.8, 4) is 0 Å². The number of carbonyl (C=O) groups is 1. The van der Waals surface area contributed by atoms with E-state index in [1.807, 2.05) is 55.1 Å². The van der Waals surface area contributed by atoms with Crippen LogP contribution in [0.25, 0.3) is 0 Å². The number of aryl methyl sites for hydroxylation is 1. The van der Waals surface area contributed by atoms with Crippen molar-refractivity contribution in [2.45, 2.75) is 48.9 Å². The number of nitrogens with zero attached hydrogens (tertiary/aromatic N) is 1. The van der Waals surface area contributed by atoms with E-state index in [-0.39, 0.29) is 23.2 Å². The van der Waals surface area contributed by atoms with Gasteiger partial charge in [-0.15, -0.1) is 11.8 Å². The lowest BCUT2D eigenvalue weighted by Gasteiger charge is -2.40. The first kappa shape index (κ1) is 21.5. The maximum atomic E-state index is 13.1. The highest BCUT2D eigenvalue weighted by atomic mass is 35.5. The molecule has 2 bridgehead atoms. The summed E-state index contributed by atoms with van der Waals surface area (Å²) in [5.74, 6) is 2.02. The first-order valence-electron chi connectivity index (χ1n) is 11.5. The topological polar surface area (TPSA) is 51.1 Å². The second kappa shape index (κ2) is 8.33. The summed E-state index contributed by atoms with van der Waals surface area (Å²) in [7, 11) is 0. The van der Waals surface area contributed by atoms with Gasteiger partial charge in [0.1, 0.15) is 6.54 Å². The van der Waals surface area contributed by atoms with Crippen molar-refractivity contribution >= 4 is 46.3 Å². The Morgan fingerprint density at radius 2 is 1.82 bits per heavy atom. The number of halogens is 1. The monoisotopic (exact) mass is 496 g/mol. The molecule has 2 heterocycles. The van der Waals surface area contributed by atoms with Gasteiger partial charge in [-0.2, -0.15) is 0 Å². The Hall–Kier alpha value is -2.02. The van der Waals surface area contributed by atoms with Crippen LogP contribution in [0.2, 0.25) is 5.02 Å². The second-order valence-corrected chi connectivity index (χ2v) is 12.2. The van der Waals surface area contributed by atoms with Crippen molar-refractivity contribution in [1.29, 1.82) is 0 Å². The minimum Gasteiger partial charge on any atom is -0.325 e. The lowest BCUT2D eigenvalue weighted by molar-refractivity contribution is -0.116. The molecule has 5 atom stereocenters. The van der Waals surface area contributed by atoms with Crippen LogP contribution in [-0.4, -0.2) is 15.7 Å². The van der Waals surface area contributed by atoms with Gasteiger partial charge in [0, 0.05) is 26.8 Å². The van der Waals surface area contributed by atoms with E-state index in [2.05, 4.69) is 17.4 Å². The van der Waals surface area contributed by atoms with Crippen LogP contribution in [0.1, 0.15) is 41.2 Å². The number of amides is 1. The maximum Gasteiger partial charge on any atom is 0.308 e. The third-order valence-corrected chi connectivity index (χ3v) is 10.6. The van der Waals surface area contributed by atoms with E-state index >= 15 is 0 Å². The molecule has 33 heavy (non-hydrogen) atoms. The first-order valence-corrected chi connectivity index (χ1v) is 13.6. The number of anilines is 1. The average Bonchev–Trinajstić information content (AvgIpc) is 3.49. The Morgan fingerprint density at radius 3 is 2.58 bits per heavy atom. The van der Waals surface area contributed by atoms with E-state index in [4.69, 9.17) is 11.6 Å². The Labute approximate surface area is 206 Å². The molecule has 170 valence electrons. The summed E-state index contributed by atoms with van der Waals surface area (Å²) < 4.78 is 1.71. The number of fused-ring (bicyclic) bond motifs is 6. The van der Waals surface area contributed by atoms with Crippen molar-refractivity contribution in [3.05, 3.63) is 79.2 Å². The molecule has 1 amide bonds. The van der Waals surface area contributed by atoms with Gasteiger partial charge in [-0.05, 0) is 73.8 Å². The maximum absolute atomic E-state index is 13.1. The molecule has 7 heteroatoms. The number of hydrogen-bond donors (Lipinski definition) is 1. The summed E-state index contributed by atoms with van der Waals surface area (Å²) in [4.78, 5) is 27.1. The Balaban J connectivity index is 1.36. The summed E-state index contributed by atoms with van der Waals surface area (Å²) in [6, 6.07) is 15.9. The molecular weight excluding hydrogens is 472 g/mol. The zero-order valence-electron chi connectivity index (χ0n) is 18.3. The van der Waals surface area contributed by atoms with Crippen molar-refractivity contribution in [3.63, 3.8) is 0 Å². The number of thiazole rings is 1. The molecule has 1 aliphatic heterocycles. The van der Waals surface area contributed by atoms with E-state index in [1.54, 1.807) is 4.57 Å². The van der Waals surface area contributed by atoms with Gasteiger partial charge in [0.2, 0.25) is 5.91 Å². The molecule has 1 N–H and O–H groups in total. The van der Waals surface area contributed by atoms with Crippen LogP contribution in [-0.2, 0) is 11.3 Å². The van der Waals surface area contributed by atoms with Gasteiger partial charge in [0.05, 0.1) is 5.03 Å². The number of nitrogens with one attached hydrogen (secondary N) is 1. The number of aromatic nitrogens is 1. The van der Waals surface area contributed by atoms with E-state index in [0.717, 1.165) is 32.1 Å². The molecule has 4 nitrogen and oxygen atoms in total. The fraction of sp³-hybridized carbons (Fsp3) is 0.385. The number of hydrogen-bond acceptors (Lipinski definition) is 4. The Kier molecular flexibility index (Phi) is 5.43. The number of rotatable bonds is 4. The SMILES string of the molecule is Cc1ccc(NC(=O)Cn2c3c(sc2=O)[C@@H](c2ccc(Cl)cc2)[C@@H]2[C@H]4CC[C@@H](C4)[C@H]2S3)cc1. The van der Waals surface area contributed by atoms with Crippen molar-refractivity contribution < 1.29 is 4.79 Å². The van der Waals surface area contributed by atoms with E-state index in [1.165, 1.54) is 36.2 Å². The third-order valence-electron chi connectivity index (χ3n) is 7.56. The Morgan fingerprint density at radius 1 is 1.09 bits per heavy atom. The fourth-order valence-corrected chi connectivity index (χ4v) is 9.39. The molecule has 2 aliphatic carbocycles. The first-order chi connectivity index (χ1) is 16.0. The van der Waals surface area contributed by atoms with E-state index < -0.39 is 0 Å². The van der Waals surface area contributed by atoms with Crippen LogP contribution in [0, 0.1) is 24.7 Å². The molecule has 3 aromatic rings. The van der Waals surface area contributed by atoms with Crippen molar-refractivity contribution in [1.82, 2.24) is 4.57 Å². The molecule has 0 unspecified atom stereocenters. The van der Waals surface area contributed by atoms with Crippen LogP contribution in [0.5, 0.6) is 0 Å². The van der Waals surface area contributed by atoms with Crippen LogP contribution in [0.15, 0.2) is 58.4 Å². The third kappa shape index (κ3) is 3.76. The quantitative estimate of drug-likeness (QED) is 0.470. The minimum atomic E-state index is -0.166. The highest BCUT2D eigenvalue weighted by Crippen LogP contribution is 2.64. The molecule has 2 fully saturated rings. The predicted molar refractivity (Wildman–Crippen MR) is 136 cm³/mol. The normalized spacial score (nSPS) is 27.3. The fourth-order valence-electron chi connectivity index (χ4n) is 6.11. The largest absolute Gasteiger partial charge is 0.325 e. The molecule has 0 saturated heterocycles. The minimum absolute atomic E-state index is 0.0437. The van der Waals surface area contributed by atoms with Gasteiger partial charge in [0.15, 0.2) is 0 Å². The summed E-state index contributed by atoms with van der Waals surface area (Å²) in [5.41, 5.74) is 3.13. The summed E-state index contributed by atoms with van der Waals surface area (Å²) >= 11 is 9.37. The number of carbonyl (C=O) groups excluding carboxylic acids is 1. The van der Waals surface area contributed by atoms with Crippen LogP contribution < -0.4 is 10.2 Å². The molecule has 0 spiro atoms. The zero-order chi connectivity index (χ0) is 22.7. The number of benzene rings is 2. The van der Waals surface area contributed by atoms with Gasteiger partial charge < -0.3 is 5.32 Å². The standard InChI is InChI=1S/C26H25ClN2O2S2/c1-14-2-10-19(11-3-14)28-20(30)13-29-25-24(33-26(29)31)21(15-6-8-18(27)9-7-15)22-16-4-5-17(12-16)23(22)32-25/h2-3,6-11,16-17,21-23H,4-5,12-13H2,1H3,(H,28,30)/t16-,17-,21-,22-,23+/m0/s1. The molecule has 1 aromatic heterocycles. The van der Waals surface area contributed by atoms with Gasteiger partial charge >= 0.3 is 4.87 Å². The van der Waals surface area contributed by atoms with Crippen molar-refractivity contribution in [2.24, 2.45) is 17.8 Å². The van der Waals surface area contributed by atoms with Crippen LogP contribution >= 0.6 is 34.7 Å². The molecule has 2 saturated carbocycles. The lowest BCUT2D eigenvalue weighted by Crippen LogP contribution is -2.34. The van der Waals surface area contributed by atoms with E-state index in [0.29, 0.717) is 17.1 Å². The van der Waals surface area contributed by atoms with Gasteiger partial charge in [-0.25, -0.2) is 0 Å². The average molecular weight is 497 g/mol. The summed E-state index contributed by atoms with van der Waals surface area (Å²) in [6.07, 6.45) is 3.86. The molecule has 6 rings (SSSR count).